The molecule has 4 nitrogen and oxygen atoms in total. The maximum absolute atomic E-state index is 11.5. The molecule has 0 N–H and O–H groups in total. The Balaban J connectivity index is 2.14. The van der Waals surface area contributed by atoms with E-state index in [0.29, 0.717) is 36.8 Å². The minimum absolute atomic E-state index is 0.107. The number of hydrogen-bond donors (Lipinski definition) is 0. The van der Waals surface area contributed by atoms with Crippen LogP contribution in [0, 0.1) is 12.3 Å². The van der Waals surface area contributed by atoms with E-state index in [9.17, 15) is 8.42 Å². The Morgan fingerprint density at radius 1 is 1.33 bits per heavy atom. The van der Waals surface area contributed by atoms with Gasteiger partial charge in [0, 0.05) is 34.3 Å². The first-order valence-electron chi connectivity index (χ1n) is 6.69. The van der Waals surface area contributed by atoms with Gasteiger partial charge in [-0.1, -0.05) is 17.7 Å². The minimum Gasteiger partial charge on any atom is -0.493 e. The van der Waals surface area contributed by atoms with Crippen LogP contribution in [0.4, 0.5) is 0 Å². The number of halogens is 2. The van der Waals surface area contributed by atoms with Gasteiger partial charge in [-0.25, -0.2) is 8.42 Å². The highest BCUT2D eigenvalue weighted by molar-refractivity contribution is 8.13. The third-order valence-electron chi connectivity index (χ3n) is 3.72. The Labute approximate surface area is 134 Å². The van der Waals surface area contributed by atoms with Gasteiger partial charge >= 0.3 is 0 Å². The minimum atomic E-state index is -3.59. The van der Waals surface area contributed by atoms with Gasteiger partial charge in [-0.3, -0.25) is 0 Å². The highest BCUT2D eigenvalue weighted by Gasteiger charge is 2.37. The highest BCUT2D eigenvalue weighted by Crippen LogP contribution is 2.35. The highest BCUT2D eigenvalue weighted by atomic mass is 35.7. The van der Waals surface area contributed by atoms with Crippen molar-refractivity contribution in [3.05, 3.63) is 28.8 Å². The lowest BCUT2D eigenvalue weighted by molar-refractivity contribution is 0.00217. The Hall–Kier alpha value is -0.490. The zero-order chi connectivity index (χ0) is 15.5. The first-order valence-corrected chi connectivity index (χ1v) is 9.54. The molecule has 1 saturated heterocycles. The Kier molecular flexibility index (Phi) is 5.41. The molecule has 0 radical (unpaired) electrons. The molecule has 1 heterocycles. The summed E-state index contributed by atoms with van der Waals surface area (Å²) in [6, 6.07) is 5.39. The van der Waals surface area contributed by atoms with Crippen molar-refractivity contribution < 1.29 is 17.9 Å². The molecule has 1 aliphatic rings. The molecule has 1 aromatic rings. The van der Waals surface area contributed by atoms with E-state index in [0.717, 1.165) is 5.56 Å². The molecule has 1 aromatic carbocycles. The molecule has 21 heavy (non-hydrogen) atoms. The molecule has 7 heteroatoms. The first-order chi connectivity index (χ1) is 9.80. The van der Waals surface area contributed by atoms with E-state index in [-0.39, 0.29) is 12.4 Å². The molecule has 0 spiro atoms. The summed E-state index contributed by atoms with van der Waals surface area (Å²) < 4.78 is 34.1. The summed E-state index contributed by atoms with van der Waals surface area (Å²) in [4.78, 5) is 0. The van der Waals surface area contributed by atoms with Gasteiger partial charge in [0.1, 0.15) is 5.75 Å². The molecule has 2 rings (SSSR count). The topological polar surface area (TPSA) is 52.6 Å². The summed E-state index contributed by atoms with van der Waals surface area (Å²) in [7, 11) is 1.85. The lowest BCUT2D eigenvalue weighted by Gasteiger charge is -2.35. The van der Waals surface area contributed by atoms with Gasteiger partial charge in [0.15, 0.2) is 0 Å². The van der Waals surface area contributed by atoms with Crippen LogP contribution in [0.25, 0.3) is 0 Å². The van der Waals surface area contributed by atoms with Crippen molar-refractivity contribution in [2.45, 2.75) is 19.8 Å². The van der Waals surface area contributed by atoms with Crippen molar-refractivity contribution in [1.82, 2.24) is 0 Å². The van der Waals surface area contributed by atoms with Crippen molar-refractivity contribution in [1.29, 1.82) is 0 Å². The van der Waals surface area contributed by atoms with E-state index in [2.05, 4.69) is 0 Å². The molecule has 0 aromatic heterocycles. The zero-order valence-corrected chi connectivity index (χ0v) is 14.1. The van der Waals surface area contributed by atoms with Crippen LogP contribution in [-0.2, 0) is 13.8 Å². The summed E-state index contributed by atoms with van der Waals surface area (Å²) in [5.74, 6) is 0.560. The maximum Gasteiger partial charge on any atom is 0.233 e. The molecule has 0 unspecified atom stereocenters. The monoisotopic (exact) mass is 352 g/mol. The lowest BCUT2D eigenvalue weighted by Crippen LogP contribution is -2.40. The van der Waals surface area contributed by atoms with Crippen LogP contribution >= 0.6 is 22.3 Å². The van der Waals surface area contributed by atoms with Gasteiger partial charge in [0.2, 0.25) is 9.05 Å². The second-order valence-corrected chi connectivity index (χ2v) is 8.71. The summed E-state index contributed by atoms with van der Waals surface area (Å²) in [5, 5.41) is 0.585. The van der Waals surface area contributed by atoms with Crippen molar-refractivity contribution in [3.63, 3.8) is 0 Å². The van der Waals surface area contributed by atoms with Gasteiger partial charge in [-0.15, -0.1) is 0 Å². The van der Waals surface area contributed by atoms with E-state index in [1.54, 1.807) is 12.1 Å². The van der Waals surface area contributed by atoms with Crippen molar-refractivity contribution >= 4 is 31.3 Å². The fraction of sp³-hybridized carbons (Fsp3) is 0.571. The normalized spacial score (nSPS) is 18.4. The van der Waals surface area contributed by atoms with Crippen molar-refractivity contribution in [3.8, 4) is 5.75 Å². The summed E-state index contributed by atoms with van der Waals surface area (Å²) in [6.45, 7) is 3.23. The number of benzene rings is 1. The van der Waals surface area contributed by atoms with E-state index >= 15 is 0 Å². The lowest BCUT2D eigenvalue weighted by atomic mass is 9.83. The van der Waals surface area contributed by atoms with Gasteiger partial charge in [-0.2, -0.15) is 0 Å². The van der Waals surface area contributed by atoms with Crippen molar-refractivity contribution in [2.75, 3.05) is 25.6 Å². The fourth-order valence-electron chi connectivity index (χ4n) is 2.46. The molecule has 0 saturated carbocycles. The number of ether oxygens (including phenoxy) is 2. The smallest absolute Gasteiger partial charge is 0.233 e. The van der Waals surface area contributed by atoms with Crippen LogP contribution < -0.4 is 4.74 Å². The predicted octanol–water partition coefficient (Wildman–Crippen LogP) is 3.39. The third-order valence-corrected chi connectivity index (χ3v) is 5.24. The molecular formula is C14H18Cl2O4S. The summed E-state index contributed by atoms with van der Waals surface area (Å²) >= 11 is 5.96. The molecular weight excluding hydrogens is 335 g/mol. The average molecular weight is 353 g/mol. The first kappa shape index (κ1) is 16.9. The van der Waals surface area contributed by atoms with E-state index in [1.165, 1.54) is 0 Å². The largest absolute Gasteiger partial charge is 0.493 e. The van der Waals surface area contributed by atoms with Crippen LogP contribution in [0.15, 0.2) is 18.2 Å². The molecule has 0 atom stereocenters. The van der Waals surface area contributed by atoms with Crippen LogP contribution in [0.5, 0.6) is 5.75 Å². The number of hydrogen-bond acceptors (Lipinski definition) is 4. The van der Waals surface area contributed by atoms with Gasteiger partial charge in [0.05, 0.1) is 12.4 Å². The number of aryl methyl sites for hydroxylation is 1. The molecule has 0 bridgehead atoms. The average Bonchev–Trinajstić information content (AvgIpc) is 2.39. The van der Waals surface area contributed by atoms with Crippen LogP contribution in [-0.4, -0.2) is 34.0 Å². The number of rotatable bonds is 5. The van der Waals surface area contributed by atoms with Gasteiger partial charge in [0.25, 0.3) is 0 Å². The Morgan fingerprint density at radius 2 is 2.00 bits per heavy atom. The zero-order valence-electron chi connectivity index (χ0n) is 11.8. The van der Waals surface area contributed by atoms with Crippen LogP contribution in [0.3, 0.4) is 0 Å². The summed E-state index contributed by atoms with van der Waals surface area (Å²) in [6.07, 6.45) is 1.22. The SMILES string of the molecule is Cc1ccc(Cl)cc1OCC1(CS(=O)(=O)Cl)CCOCC1. The van der Waals surface area contributed by atoms with Crippen LogP contribution in [0.2, 0.25) is 5.02 Å². The second kappa shape index (κ2) is 6.73. The van der Waals surface area contributed by atoms with Crippen molar-refractivity contribution in [2.24, 2.45) is 5.41 Å². The molecule has 0 amide bonds. The molecule has 118 valence electrons. The molecule has 1 fully saturated rings. The molecule has 1 aliphatic heterocycles. The molecule has 0 aliphatic carbocycles. The van der Waals surface area contributed by atoms with Crippen LogP contribution in [0.1, 0.15) is 18.4 Å². The third kappa shape index (κ3) is 5.02. The van der Waals surface area contributed by atoms with E-state index in [4.69, 9.17) is 31.8 Å². The van der Waals surface area contributed by atoms with Gasteiger partial charge < -0.3 is 9.47 Å². The predicted molar refractivity (Wildman–Crippen MR) is 83.8 cm³/mol. The van der Waals surface area contributed by atoms with E-state index < -0.39 is 14.5 Å². The Bertz CT molecular complexity index is 595. The standard InChI is InChI=1S/C14H18Cl2O4S/c1-11-2-3-12(15)8-13(11)20-9-14(10-21(16,17)18)4-6-19-7-5-14/h2-3,8H,4-7,9-10H2,1H3. The van der Waals surface area contributed by atoms with Gasteiger partial charge in [-0.05, 0) is 37.5 Å². The maximum atomic E-state index is 11.5. The quantitative estimate of drug-likeness (QED) is 0.762. The fourth-order valence-corrected chi connectivity index (χ4v) is 4.42. The summed E-state index contributed by atoms with van der Waals surface area (Å²) in [5.41, 5.74) is 0.448. The Morgan fingerprint density at radius 3 is 2.62 bits per heavy atom. The second-order valence-electron chi connectivity index (χ2n) is 5.49. The van der Waals surface area contributed by atoms with E-state index in [1.807, 2.05) is 13.0 Å².